The number of rotatable bonds is 3. The number of fused-ring (bicyclic) bond motifs is 1. The summed E-state index contributed by atoms with van der Waals surface area (Å²) in [7, 11) is -3.80. The highest BCUT2D eigenvalue weighted by Gasteiger charge is 2.31. The molecule has 2 amide bonds. The molecule has 1 fully saturated rings. The molecule has 2 aliphatic heterocycles. The molecule has 29 heavy (non-hydrogen) atoms. The lowest BCUT2D eigenvalue weighted by molar-refractivity contribution is -0.116. The number of piperazine rings is 1. The van der Waals surface area contributed by atoms with Crippen LogP contribution >= 0.6 is 0 Å². The van der Waals surface area contributed by atoms with Crippen LogP contribution in [-0.4, -0.2) is 55.6 Å². The standard InChI is InChI=1S/C20H20FN3O4S/c21-16-2-1-3-17(13-16)29(27,28)24-10-8-23(9-11-24)20(26)15-4-6-18-14(12-15)5-7-19(25)22-18/h1-4,6,12-13H,5,7-11H2,(H,22,25). The molecule has 4 rings (SSSR count). The Morgan fingerprint density at radius 3 is 2.48 bits per heavy atom. The van der Waals surface area contributed by atoms with E-state index in [0.717, 1.165) is 17.3 Å². The van der Waals surface area contributed by atoms with Crippen molar-refractivity contribution in [3.63, 3.8) is 0 Å². The number of sulfonamides is 1. The largest absolute Gasteiger partial charge is 0.336 e. The van der Waals surface area contributed by atoms with Gasteiger partial charge < -0.3 is 10.2 Å². The summed E-state index contributed by atoms with van der Waals surface area (Å²) in [4.78, 5) is 25.8. The van der Waals surface area contributed by atoms with Gasteiger partial charge in [0.15, 0.2) is 0 Å². The van der Waals surface area contributed by atoms with Crippen molar-refractivity contribution in [2.75, 3.05) is 31.5 Å². The fourth-order valence-electron chi connectivity index (χ4n) is 3.61. The molecular formula is C20H20FN3O4S. The van der Waals surface area contributed by atoms with Crippen LogP contribution in [0.2, 0.25) is 0 Å². The van der Waals surface area contributed by atoms with Crippen molar-refractivity contribution in [3.05, 3.63) is 59.4 Å². The van der Waals surface area contributed by atoms with E-state index in [-0.39, 0.29) is 42.9 Å². The molecule has 2 aromatic rings. The first-order valence-corrected chi connectivity index (χ1v) is 10.8. The Bertz CT molecular complexity index is 1080. The van der Waals surface area contributed by atoms with Crippen LogP contribution < -0.4 is 5.32 Å². The van der Waals surface area contributed by atoms with Gasteiger partial charge in [0.2, 0.25) is 15.9 Å². The van der Waals surface area contributed by atoms with Gasteiger partial charge in [0, 0.05) is 43.9 Å². The number of hydrogen-bond donors (Lipinski definition) is 1. The normalized spacial score (nSPS) is 17.6. The minimum absolute atomic E-state index is 0.0350. The van der Waals surface area contributed by atoms with Crippen LogP contribution in [0.15, 0.2) is 47.4 Å². The summed E-state index contributed by atoms with van der Waals surface area (Å²) < 4.78 is 40.1. The van der Waals surface area contributed by atoms with Crippen molar-refractivity contribution in [3.8, 4) is 0 Å². The first-order valence-electron chi connectivity index (χ1n) is 9.32. The fourth-order valence-corrected chi connectivity index (χ4v) is 5.06. The molecule has 1 N–H and O–H groups in total. The number of anilines is 1. The van der Waals surface area contributed by atoms with Gasteiger partial charge in [-0.05, 0) is 48.4 Å². The van der Waals surface area contributed by atoms with Gasteiger partial charge in [-0.3, -0.25) is 9.59 Å². The zero-order valence-electron chi connectivity index (χ0n) is 15.6. The molecule has 2 aliphatic rings. The second kappa shape index (κ2) is 7.57. The summed E-state index contributed by atoms with van der Waals surface area (Å²) in [6.07, 6.45) is 0.975. The fraction of sp³-hybridized carbons (Fsp3) is 0.300. The number of carbonyl (C=O) groups is 2. The maximum atomic E-state index is 13.4. The Kier molecular flexibility index (Phi) is 5.10. The predicted octanol–water partition coefficient (Wildman–Crippen LogP) is 1.86. The van der Waals surface area contributed by atoms with E-state index in [1.165, 1.54) is 22.5 Å². The predicted molar refractivity (Wildman–Crippen MR) is 104 cm³/mol. The van der Waals surface area contributed by atoms with Crippen molar-refractivity contribution in [2.45, 2.75) is 17.7 Å². The van der Waals surface area contributed by atoms with E-state index in [2.05, 4.69) is 5.32 Å². The first kappa shape index (κ1) is 19.5. The highest BCUT2D eigenvalue weighted by Crippen LogP contribution is 2.25. The average molecular weight is 417 g/mol. The number of halogens is 1. The number of nitrogens with one attached hydrogen (secondary N) is 1. The van der Waals surface area contributed by atoms with Crippen LogP contribution in [-0.2, 0) is 21.2 Å². The van der Waals surface area contributed by atoms with Crippen molar-refractivity contribution < 1.29 is 22.4 Å². The SMILES string of the molecule is O=C1CCc2cc(C(=O)N3CCN(S(=O)(=O)c4cccc(F)c4)CC3)ccc2N1. The molecule has 0 radical (unpaired) electrons. The topological polar surface area (TPSA) is 86.8 Å². The lowest BCUT2D eigenvalue weighted by atomic mass is 10.00. The van der Waals surface area contributed by atoms with E-state index in [4.69, 9.17) is 0 Å². The summed E-state index contributed by atoms with van der Waals surface area (Å²) in [5.74, 6) is -0.816. The second-order valence-corrected chi connectivity index (χ2v) is 9.01. The van der Waals surface area contributed by atoms with Gasteiger partial charge in [-0.2, -0.15) is 4.31 Å². The number of amides is 2. The molecule has 9 heteroatoms. The van der Waals surface area contributed by atoms with E-state index in [9.17, 15) is 22.4 Å². The molecule has 1 saturated heterocycles. The Morgan fingerprint density at radius 1 is 1.00 bits per heavy atom. The van der Waals surface area contributed by atoms with Crippen LogP contribution in [0.25, 0.3) is 0 Å². The number of nitrogens with zero attached hydrogens (tertiary/aromatic N) is 2. The van der Waals surface area contributed by atoms with E-state index in [0.29, 0.717) is 18.4 Å². The Balaban J connectivity index is 1.44. The third-order valence-electron chi connectivity index (χ3n) is 5.21. The van der Waals surface area contributed by atoms with Gasteiger partial charge in [0.05, 0.1) is 4.90 Å². The van der Waals surface area contributed by atoms with Crippen LogP contribution in [0.5, 0.6) is 0 Å². The molecule has 0 unspecified atom stereocenters. The van der Waals surface area contributed by atoms with Crippen molar-refractivity contribution in [2.24, 2.45) is 0 Å². The van der Waals surface area contributed by atoms with Crippen LogP contribution in [0.3, 0.4) is 0 Å². The molecule has 7 nitrogen and oxygen atoms in total. The average Bonchev–Trinajstić information content (AvgIpc) is 2.73. The summed E-state index contributed by atoms with van der Waals surface area (Å²) in [6, 6.07) is 10.1. The van der Waals surface area contributed by atoms with Gasteiger partial charge >= 0.3 is 0 Å². The third-order valence-corrected chi connectivity index (χ3v) is 7.10. The van der Waals surface area contributed by atoms with Gasteiger partial charge in [0.25, 0.3) is 5.91 Å². The number of benzene rings is 2. The van der Waals surface area contributed by atoms with Crippen molar-refractivity contribution >= 4 is 27.5 Å². The maximum absolute atomic E-state index is 13.4. The van der Waals surface area contributed by atoms with E-state index >= 15 is 0 Å². The molecule has 0 aliphatic carbocycles. The van der Waals surface area contributed by atoms with Gasteiger partial charge in [-0.1, -0.05) is 6.07 Å². The minimum atomic E-state index is -3.80. The smallest absolute Gasteiger partial charge is 0.253 e. The molecule has 0 saturated carbocycles. The Labute approximate surface area is 168 Å². The van der Waals surface area contributed by atoms with E-state index in [1.807, 2.05) is 0 Å². The second-order valence-electron chi connectivity index (χ2n) is 7.07. The van der Waals surface area contributed by atoms with E-state index in [1.54, 1.807) is 23.1 Å². The summed E-state index contributed by atoms with van der Waals surface area (Å²) in [6.45, 7) is 0.791. The van der Waals surface area contributed by atoms with Crippen LogP contribution in [0, 0.1) is 5.82 Å². The lowest BCUT2D eigenvalue weighted by Gasteiger charge is -2.34. The summed E-state index contributed by atoms with van der Waals surface area (Å²) >= 11 is 0. The molecular weight excluding hydrogens is 397 g/mol. The maximum Gasteiger partial charge on any atom is 0.253 e. The molecule has 0 bridgehead atoms. The van der Waals surface area contributed by atoms with Gasteiger partial charge in [0.1, 0.15) is 5.82 Å². The van der Waals surface area contributed by atoms with Gasteiger partial charge in [-0.15, -0.1) is 0 Å². The Morgan fingerprint density at radius 2 is 1.76 bits per heavy atom. The molecule has 0 atom stereocenters. The molecule has 2 aromatic carbocycles. The van der Waals surface area contributed by atoms with Gasteiger partial charge in [-0.25, -0.2) is 12.8 Å². The van der Waals surface area contributed by atoms with Crippen LogP contribution in [0.4, 0.5) is 10.1 Å². The van der Waals surface area contributed by atoms with Crippen LogP contribution in [0.1, 0.15) is 22.3 Å². The molecule has 0 aromatic heterocycles. The summed E-state index contributed by atoms with van der Waals surface area (Å²) in [5.41, 5.74) is 2.16. The van der Waals surface area contributed by atoms with Crippen molar-refractivity contribution in [1.82, 2.24) is 9.21 Å². The number of aryl methyl sites for hydroxylation is 1. The highest BCUT2D eigenvalue weighted by atomic mass is 32.2. The minimum Gasteiger partial charge on any atom is -0.336 e. The summed E-state index contributed by atoms with van der Waals surface area (Å²) in [5, 5.41) is 2.78. The Hall–Kier alpha value is -2.78. The number of hydrogen-bond acceptors (Lipinski definition) is 4. The molecule has 152 valence electrons. The zero-order valence-corrected chi connectivity index (χ0v) is 16.4. The lowest BCUT2D eigenvalue weighted by Crippen LogP contribution is -2.50. The quantitative estimate of drug-likeness (QED) is 0.826. The highest BCUT2D eigenvalue weighted by molar-refractivity contribution is 7.89. The number of carbonyl (C=O) groups excluding carboxylic acids is 2. The monoisotopic (exact) mass is 417 g/mol. The molecule has 2 heterocycles. The molecule has 0 spiro atoms. The van der Waals surface area contributed by atoms with E-state index < -0.39 is 15.8 Å². The zero-order chi connectivity index (χ0) is 20.6. The van der Waals surface area contributed by atoms with Crippen molar-refractivity contribution in [1.29, 1.82) is 0 Å². The third kappa shape index (κ3) is 3.88. The first-order chi connectivity index (χ1) is 13.8.